The van der Waals surface area contributed by atoms with Crippen molar-refractivity contribution < 1.29 is 25.9 Å². The van der Waals surface area contributed by atoms with E-state index in [9.17, 15) is 4.39 Å². The van der Waals surface area contributed by atoms with E-state index in [1.54, 1.807) is 12.1 Å². The molecule has 0 atom stereocenters. The zero-order chi connectivity index (χ0) is 20.3. The molecule has 162 valence electrons. The molecule has 3 rings (SSSR count). The van der Waals surface area contributed by atoms with Gasteiger partial charge in [0.25, 0.3) is 0 Å². The van der Waals surface area contributed by atoms with Crippen molar-refractivity contribution in [3.63, 3.8) is 0 Å². The quantitative estimate of drug-likeness (QED) is 0.214. The number of anilines is 1. The first kappa shape index (κ1) is 22.6. The number of H-pyrrole nitrogens is 1. The Morgan fingerprint density at radius 2 is 1.69 bits per heavy atom. The van der Waals surface area contributed by atoms with E-state index in [1.165, 1.54) is 86.3 Å². The van der Waals surface area contributed by atoms with Crippen molar-refractivity contribution in [3.8, 4) is 0 Å². The number of hydrogen-bond acceptors (Lipinski definition) is 2. The molecular formula is C24H36FIN3-. The van der Waals surface area contributed by atoms with Crippen molar-refractivity contribution >= 4 is 5.82 Å². The van der Waals surface area contributed by atoms with Crippen LogP contribution < -0.4 is 24.6 Å². The van der Waals surface area contributed by atoms with Crippen molar-refractivity contribution in [2.24, 2.45) is 0 Å². The molecule has 0 saturated heterocycles. The standard InChI is InChI=1S/C24H36FIN3/c1-2-3-4-5-8-11-18-29(26-22-16-14-21(25)15-17-22)24-19-23(27-28-24)20-12-9-6-7-10-13-20/h14-17,19-20H,2-13,18H2,1H3,(H,27,28)/q-1. The van der Waals surface area contributed by atoms with Crippen LogP contribution in [-0.2, 0) is 0 Å². The molecule has 0 amide bonds. The van der Waals surface area contributed by atoms with Gasteiger partial charge in [-0.15, -0.1) is 0 Å². The maximum atomic E-state index is 13.3. The summed E-state index contributed by atoms with van der Waals surface area (Å²) in [4.78, 5) is 0. The molecule has 1 fully saturated rings. The number of aromatic nitrogens is 2. The Balaban J connectivity index is 1.63. The second kappa shape index (κ2) is 12.6. The third-order valence-electron chi connectivity index (χ3n) is 5.84. The molecule has 2 aromatic rings. The summed E-state index contributed by atoms with van der Waals surface area (Å²) < 4.78 is 17.0. The van der Waals surface area contributed by atoms with Gasteiger partial charge in [0, 0.05) is 0 Å². The van der Waals surface area contributed by atoms with Crippen molar-refractivity contribution in [2.45, 2.75) is 89.9 Å². The van der Waals surface area contributed by atoms with E-state index < -0.39 is 0 Å². The van der Waals surface area contributed by atoms with Gasteiger partial charge in [0.2, 0.25) is 0 Å². The molecule has 1 aliphatic rings. The molecule has 1 aromatic heterocycles. The molecule has 0 radical (unpaired) electrons. The Morgan fingerprint density at radius 3 is 2.41 bits per heavy atom. The topological polar surface area (TPSA) is 31.9 Å². The van der Waals surface area contributed by atoms with Crippen LogP contribution in [0.4, 0.5) is 10.2 Å². The minimum atomic E-state index is -0.386. The van der Waals surface area contributed by atoms with Gasteiger partial charge in [-0.05, 0) is 0 Å². The third kappa shape index (κ3) is 7.58. The third-order valence-corrected chi connectivity index (χ3v) is 8.67. The fourth-order valence-corrected chi connectivity index (χ4v) is 6.51. The molecule has 0 spiro atoms. The monoisotopic (exact) mass is 512 g/mol. The fourth-order valence-electron chi connectivity index (χ4n) is 4.08. The van der Waals surface area contributed by atoms with Gasteiger partial charge in [-0.25, -0.2) is 0 Å². The van der Waals surface area contributed by atoms with Crippen LogP contribution in [0.1, 0.15) is 95.6 Å². The Labute approximate surface area is 186 Å². The van der Waals surface area contributed by atoms with E-state index in [1.807, 2.05) is 12.1 Å². The van der Waals surface area contributed by atoms with Gasteiger partial charge in [0.15, 0.2) is 0 Å². The van der Waals surface area contributed by atoms with Gasteiger partial charge < -0.3 is 0 Å². The zero-order valence-electron chi connectivity index (χ0n) is 17.8. The molecule has 5 heteroatoms. The number of hydrogen-bond donors (Lipinski definition) is 1. The van der Waals surface area contributed by atoms with Crippen LogP contribution in [0, 0.1) is 9.39 Å². The number of nitrogens with one attached hydrogen (secondary N) is 1. The van der Waals surface area contributed by atoms with Crippen LogP contribution in [0.5, 0.6) is 0 Å². The van der Waals surface area contributed by atoms with Crippen LogP contribution in [0.3, 0.4) is 0 Å². The molecule has 1 heterocycles. The summed E-state index contributed by atoms with van der Waals surface area (Å²) in [6.07, 6.45) is 15.8. The second-order valence-electron chi connectivity index (χ2n) is 8.24. The van der Waals surface area contributed by atoms with Gasteiger partial charge in [-0.1, -0.05) is 0 Å². The zero-order valence-corrected chi connectivity index (χ0v) is 20.0. The number of rotatable bonds is 11. The maximum absolute atomic E-state index is 13.3. The van der Waals surface area contributed by atoms with Crippen LogP contribution >= 0.6 is 0 Å². The summed E-state index contributed by atoms with van der Waals surface area (Å²) in [6, 6.07) is 9.35. The van der Waals surface area contributed by atoms with E-state index in [0.717, 1.165) is 12.4 Å². The predicted octanol–water partition coefficient (Wildman–Crippen LogP) is 4.03. The van der Waals surface area contributed by atoms with Crippen LogP contribution in [0.15, 0.2) is 30.3 Å². The van der Waals surface area contributed by atoms with E-state index >= 15 is 0 Å². The van der Waals surface area contributed by atoms with Gasteiger partial charge in [0.05, 0.1) is 0 Å². The molecule has 1 aliphatic carbocycles. The average Bonchev–Trinajstić information content (AvgIpc) is 3.06. The Kier molecular flexibility index (Phi) is 9.77. The van der Waals surface area contributed by atoms with Crippen LogP contribution in [0.25, 0.3) is 0 Å². The first-order valence-corrected chi connectivity index (χ1v) is 13.5. The van der Waals surface area contributed by atoms with Crippen molar-refractivity contribution in [1.29, 1.82) is 0 Å². The van der Waals surface area contributed by atoms with E-state index in [-0.39, 0.29) is 27.3 Å². The summed E-state index contributed by atoms with van der Waals surface area (Å²) in [5, 5.41) is 8.08. The summed E-state index contributed by atoms with van der Waals surface area (Å²) in [5.41, 5.74) is 1.32. The van der Waals surface area contributed by atoms with Crippen molar-refractivity contribution in [3.05, 3.63) is 45.4 Å². The summed E-state index contributed by atoms with van der Waals surface area (Å²) in [7, 11) is 0. The summed E-state index contributed by atoms with van der Waals surface area (Å²) >= 11 is -0.386. The molecule has 0 unspecified atom stereocenters. The van der Waals surface area contributed by atoms with Gasteiger partial charge >= 0.3 is 187 Å². The Hall–Kier alpha value is -1.11. The first-order valence-electron chi connectivity index (χ1n) is 11.5. The molecule has 29 heavy (non-hydrogen) atoms. The second-order valence-corrected chi connectivity index (χ2v) is 11.1. The number of unbranched alkanes of at least 4 members (excludes halogenated alkanes) is 5. The SMILES string of the molecule is CCCCCCCCN([I-]c1ccc(F)cc1)c1cc(C2CCCCCC2)[nH]n1. The van der Waals surface area contributed by atoms with Crippen molar-refractivity contribution in [1.82, 2.24) is 10.2 Å². The summed E-state index contributed by atoms with van der Waals surface area (Å²) in [5.74, 6) is 1.57. The molecule has 1 N–H and O–H groups in total. The average molecular weight is 512 g/mol. The number of halogens is 2. The predicted molar refractivity (Wildman–Crippen MR) is 115 cm³/mol. The molecular weight excluding hydrogens is 476 g/mol. The van der Waals surface area contributed by atoms with Crippen LogP contribution in [0.2, 0.25) is 0 Å². The Morgan fingerprint density at radius 1 is 1.00 bits per heavy atom. The normalized spacial score (nSPS) is 15.5. The number of nitrogens with zero attached hydrogens (tertiary/aromatic N) is 2. The molecule has 1 saturated carbocycles. The van der Waals surface area contributed by atoms with E-state index in [2.05, 4.69) is 21.2 Å². The van der Waals surface area contributed by atoms with Crippen molar-refractivity contribution in [2.75, 3.05) is 9.66 Å². The van der Waals surface area contributed by atoms with Crippen LogP contribution in [-0.4, -0.2) is 16.7 Å². The van der Waals surface area contributed by atoms with E-state index in [4.69, 9.17) is 5.10 Å². The molecule has 3 nitrogen and oxygen atoms in total. The fraction of sp³-hybridized carbons (Fsp3) is 0.625. The summed E-state index contributed by atoms with van der Waals surface area (Å²) in [6.45, 7) is 3.31. The number of benzene rings is 1. The van der Waals surface area contributed by atoms with Gasteiger partial charge in [-0.2, -0.15) is 0 Å². The molecule has 0 bridgehead atoms. The first-order chi connectivity index (χ1) is 14.3. The van der Waals surface area contributed by atoms with Gasteiger partial charge in [0.1, 0.15) is 0 Å². The van der Waals surface area contributed by atoms with E-state index in [0.29, 0.717) is 5.92 Å². The molecule has 1 aromatic carbocycles. The van der Waals surface area contributed by atoms with Gasteiger partial charge in [-0.3, -0.25) is 0 Å². The minimum absolute atomic E-state index is 0.157. The Bertz CT molecular complexity index is 692. The number of aromatic amines is 1. The molecule has 0 aliphatic heterocycles.